The lowest BCUT2D eigenvalue weighted by atomic mass is 10.2. The average Bonchev–Trinajstić information content (AvgIpc) is 1.93. The molecule has 0 heterocycles. The van der Waals surface area contributed by atoms with Crippen LogP contribution in [0.1, 0.15) is 0 Å². The Labute approximate surface area is 70.2 Å². The van der Waals surface area contributed by atoms with E-state index in [9.17, 15) is 0 Å². The van der Waals surface area contributed by atoms with Crippen molar-refractivity contribution in [3.63, 3.8) is 0 Å². The zero-order chi connectivity index (χ0) is 8.27. The summed E-state index contributed by atoms with van der Waals surface area (Å²) in [6.45, 7) is 0. The molecule has 0 saturated heterocycles. The predicted molar refractivity (Wildman–Crippen MR) is 44.5 cm³/mol. The smallest absolute Gasteiger partial charge is 0.511 e. The molecule has 0 atom stereocenters. The first-order valence-corrected chi connectivity index (χ1v) is 3.45. The van der Waals surface area contributed by atoms with Crippen LogP contribution in [0.3, 0.4) is 0 Å². The highest BCUT2D eigenvalue weighted by atomic mass is 32.1. The van der Waals surface area contributed by atoms with Crippen molar-refractivity contribution in [3.05, 3.63) is 24.3 Å². The summed E-state index contributed by atoms with van der Waals surface area (Å²) < 4.78 is 4.58. The van der Waals surface area contributed by atoms with Crippen LogP contribution in [0.5, 0.6) is 5.75 Å². The quantitative estimate of drug-likeness (QED) is 0.442. The summed E-state index contributed by atoms with van der Waals surface area (Å²) in [6.07, 6.45) is 0. The van der Waals surface area contributed by atoms with E-state index in [-0.39, 0.29) is 0 Å². The summed E-state index contributed by atoms with van der Waals surface area (Å²) in [5.74, 6) is 0.353. The van der Waals surface area contributed by atoms with Gasteiger partial charge in [-0.1, -0.05) is 12.1 Å². The normalized spacial score (nSPS) is 9.36. The Kier molecular flexibility index (Phi) is 2.81. The molecule has 0 aliphatic rings. The second kappa shape index (κ2) is 3.66. The highest BCUT2D eigenvalue weighted by molar-refractivity contribution is 7.80. The van der Waals surface area contributed by atoms with Gasteiger partial charge in [0.1, 0.15) is 5.75 Å². The lowest BCUT2D eigenvalue weighted by molar-refractivity contribution is 0.285. The molecule has 0 unspecified atom stereocenters. The van der Waals surface area contributed by atoms with E-state index >= 15 is 0 Å². The fourth-order valence-electron chi connectivity index (χ4n) is 0.670. The zero-order valence-corrected chi connectivity index (χ0v) is 6.53. The summed E-state index contributed by atoms with van der Waals surface area (Å²) >= 11 is 4.03. The van der Waals surface area contributed by atoms with Crippen molar-refractivity contribution in [2.24, 2.45) is 0 Å². The van der Waals surface area contributed by atoms with E-state index in [2.05, 4.69) is 17.3 Å². The van der Waals surface area contributed by atoms with Crippen molar-refractivity contribution in [2.45, 2.75) is 4.90 Å². The Morgan fingerprint density at radius 1 is 1.27 bits per heavy atom. The van der Waals surface area contributed by atoms with Crippen LogP contribution >= 0.6 is 12.6 Å². The minimum Gasteiger partial charge on any atom is -0.511 e. The maximum absolute atomic E-state index is 8.43. The van der Waals surface area contributed by atoms with Crippen LogP contribution in [-0.2, 0) is 0 Å². The number of benzene rings is 1. The Balaban J connectivity index is 2.78. The van der Waals surface area contributed by atoms with Crippen LogP contribution in [0, 0.1) is 0 Å². The van der Waals surface area contributed by atoms with Gasteiger partial charge in [0.05, 0.1) is 0 Å². The van der Waals surface area contributed by atoms with Crippen LogP contribution in [0.2, 0.25) is 0 Å². The minimum absolute atomic E-state index is 0.353. The molecule has 0 bridgehead atoms. The number of para-hydroxylation sites is 1. The molecule has 5 heteroatoms. The van der Waals surface area contributed by atoms with Crippen molar-refractivity contribution in [1.82, 2.24) is 0 Å². The number of hydrogen-bond acceptors (Lipinski definition) is 4. The zero-order valence-electron chi connectivity index (χ0n) is 5.64. The van der Waals surface area contributed by atoms with E-state index in [1.54, 1.807) is 24.3 Å². The summed E-state index contributed by atoms with van der Waals surface area (Å²) in [5, 5.41) is 16.9. The summed E-state index contributed by atoms with van der Waals surface area (Å²) in [4.78, 5) is 0.570. The molecular formula is C6H7BO3S. The molecule has 0 aliphatic carbocycles. The maximum Gasteiger partial charge on any atom is 0.707 e. The van der Waals surface area contributed by atoms with Crippen LogP contribution < -0.4 is 4.65 Å². The highest BCUT2D eigenvalue weighted by Crippen LogP contribution is 2.20. The third-order valence-electron chi connectivity index (χ3n) is 1.10. The first kappa shape index (κ1) is 8.45. The van der Waals surface area contributed by atoms with Gasteiger partial charge in [-0.25, -0.2) is 0 Å². The highest BCUT2D eigenvalue weighted by Gasteiger charge is 2.11. The number of thiol groups is 1. The van der Waals surface area contributed by atoms with Gasteiger partial charge in [0.2, 0.25) is 0 Å². The Bertz CT molecular complexity index is 241. The molecule has 1 aromatic carbocycles. The molecule has 11 heavy (non-hydrogen) atoms. The van der Waals surface area contributed by atoms with Gasteiger partial charge in [0.15, 0.2) is 0 Å². The lowest BCUT2D eigenvalue weighted by Crippen LogP contribution is -2.20. The standard InChI is InChI=1S/C6H7BO3S/c8-7(9)10-5-3-1-2-4-6(5)11/h1-4,8-9,11H. The number of rotatable bonds is 2. The van der Waals surface area contributed by atoms with E-state index in [1.165, 1.54) is 0 Å². The SMILES string of the molecule is OB(O)Oc1ccccc1S. The third kappa shape index (κ3) is 2.46. The molecule has 0 fully saturated rings. The first-order chi connectivity index (χ1) is 5.20. The molecule has 3 nitrogen and oxygen atoms in total. The Hall–Kier alpha value is -0.645. The van der Waals surface area contributed by atoms with E-state index in [1.807, 2.05) is 0 Å². The predicted octanol–water partition coefficient (Wildman–Crippen LogP) is 0.324. The van der Waals surface area contributed by atoms with Gasteiger partial charge in [0, 0.05) is 4.90 Å². The minimum atomic E-state index is -1.79. The average molecular weight is 170 g/mol. The van der Waals surface area contributed by atoms with Crippen LogP contribution in [0.4, 0.5) is 0 Å². The molecule has 0 amide bonds. The van der Waals surface area contributed by atoms with Gasteiger partial charge in [-0.3, -0.25) is 0 Å². The van der Waals surface area contributed by atoms with Crippen molar-refractivity contribution in [3.8, 4) is 5.75 Å². The fourth-order valence-corrected chi connectivity index (χ4v) is 0.884. The topological polar surface area (TPSA) is 49.7 Å². The van der Waals surface area contributed by atoms with Crippen molar-refractivity contribution >= 4 is 20.0 Å². The summed E-state index contributed by atoms with van der Waals surface area (Å²) in [6, 6.07) is 6.79. The first-order valence-electron chi connectivity index (χ1n) is 3.01. The van der Waals surface area contributed by atoms with Crippen molar-refractivity contribution in [2.75, 3.05) is 0 Å². The molecule has 0 aromatic heterocycles. The molecule has 1 aromatic rings. The molecule has 0 spiro atoms. The maximum atomic E-state index is 8.43. The Morgan fingerprint density at radius 2 is 1.91 bits per heavy atom. The van der Waals surface area contributed by atoms with Crippen molar-refractivity contribution in [1.29, 1.82) is 0 Å². The molecule has 58 valence electrons. The van der Waals surface area contributed by atoms with Gasteiger partial charge in [-0.2, -0.15) is 0 Å². The molecule has 1 rings (SSSR count). The molecule has 0 aliphatic heterocycles. The van der Waals surface area contributed by atoms with Crippen LogP contribution in [0.15, 0.2) is 29.2 Å². The van der Waals surface area contributed by atoms with Gasteiger partial charge in [0.25, 0.3) is 0 Å². The molecule has 0 saturated carbocycles. The van der Waals surface area contributed by atoms with E-state index in [0.29, 0.717) is 10.6 Å². The fraction of sp³-hybridized carbons (Fsp3) is 0. The monoisotopic (exact) mass is 170 g/mol. The second-order valence-electron chi connectivity index (χ2n) is 1.91. The summed E-state index contributed by atoms with van der Waals surface area (Å²) in [5.41, 5.74) is 0. The molecule has 0 radical (unpaired) electrons. The van der Waals surface area contributed by atoms with Crippen molar-refractivity contribution < 1.29 is 14.7 Å². The second-order valence-corrected chi connectivity index (χ2v) is 2.39. The summed E-state index contributed by atoms with van der Waals surface area (Å²) in [7, 11) is -1.79. The van der Waals surface area contributed by atoms with Crippen LogP contribution in [0.25, 0.3) is 0 Å². The van der Waals surface area contributed by atoms with Gasteiger partial charge < -0.3 is 14.7 Å². The Morgan fingerprint density at radius 3 is 2.45 bits per heavy atom. The molecule has 2 N–H and O–H groups in total. The van der Waals surface area contributed by atoms with E-state index in [4.69, 9.17) is 10.0 Å². The van der Waals surface area contributed by atoms with Crippen LogP contribution in [-0.4, -0.2) is 17.4 Å². The lowest BCUT2D eigenvalue weighted by Gasteiger charge is -2.05. The van der Waals surface area contributed by atoms with Gasteiger partial charge in [-0.05, 0) is 12.1 Å². The largest absolute Gasteiger partial charge is 0.707 e. The number of hydrogen-bond donors (Lipinski definition) is 3. The van der Waals surface area contributed by atoms with Gasteiger partial charge in [-0.15, -0.1) is 12.6 Å². The van der Waals surface area contributed by atoms with Gasteiger partial charge >= 0.3 is 7.32 Å². The molecular weight excluding hydrogens is 163 g/mol. The van der Waals surface area contributed by atoms with E-state index in [0.717, 1.165) is 0 Å². The third-order valence-corrected chi connectivity index (χ3v) is 1.47. The van der Waals surface area contributed by atoms with E-state index < -0.39 is 7.32 Å².